The summed E-state index contributed by atoms with van der Waals surface area (Å²) in [6.45, 7) is 8.54. The highest BCUT2D eigenvalue weighted by Gasteiger charge is 2.39. The molecule has 0 aliphatic rings. The fraction of sp³-hybridized carbons (Fsp3) is 0.333. The Kier molecular flexibility index (Phi) is 16.7. The summed E-state index contributed by atoms with van der Waals surface area (Å²) in [5.74, 6) is 1.48. The number of fused-ring (bicyclic) bond motifs is 1. The molecule has 0 bridgehead atoms. The van der Waals surface area contributed by atoms with Crippen LogP contribution in [0.2, 0.25) is 0 Å². The highest BCUT2D eigenvalue weighted by molar-refractivity contribution is 7.92. The second-order valence-corrected chi connectivity index (χ2v) is 22.8. The zero-order chi connectivity index (χ0) is 54.3. The van der Waals surface area contributed by atoms with Gasteiger partial charge in [-0.2, -0.15) is 9.10 Å². The molecular formula is C51H61N11O11S2. The van der Waals surface area contributed by atoms with Crippen molar-refractivity contribution in [2.45, 2.75) is 88.2 Å². The van der Waals surface area contributed by atoms with Crippen molar-refractivity contribution in [2.75, 3.05) is 40.2 Å². The predicted molar refractivity (Wildman–Crippen MR) is 280 cm³/mol. The van der Waals surface area contributed by atoms with Crippen molar-refractivity contribution in [1.29, 1.82) is 0 Å². The number of nitrogens with zero attached hydrogens (tertiary/aromatic N) is 6. The number of methoxy groups -OCH3 is 3. The van der Waals surface area contributed by atoms with E-state index in [0.29, 0.717) is 45.0 Å². The highest BCUT2D eigenvalue weighted by atomic mass is 32.2. The number of aromatic nitrogens is 6. The van der Waals surface area contributed by atoms with Gasteiger partial charge in [0, 0.05) is 31.7 Å². The maximum Gasteiger partial charge on any atom is 0.407 e. The number of imidazole rings is 1. The minimum absolute atomic E-state index is 0.0691. The van der Waals surface area contributed by atoms with Crippen molar-refractivity contribution in [3.63, 3.8) is 0 Å². The van der Waals surface area contributed by atoms with E-state index in [1.165, 1.54) is 31.1 Å². The first kappa shape index (κ1) is 55.0. The van der Waals surface area contributed by atoms with E-state index in [0.717, 1.165) is 9.87 Å². The van der Waals surface area contributed by atoms with Gasteiger partial charge in [-0.15, -0.1) is 10.2 Å². The molecule has 22 nitrogen and oxygen atoms in total. The summed E-state index contributed by atoms with van der Waals surface area (Å²) in [7, 11) is -5.49. The van der Waals surface area contributed by atoms with E-state index in [4.69, 9.17) is 34.5 Å². The number of alkyl carbamates (subject to hydrolysis) is 2. The molecule has 7 aromatic rings. The molecule has 0 aliphatic heterocycles. The average molecular weight is 1070 g/mol. The Labute approximate surface area is 435 Å². The number of rotatable bonds is 20. The van der Waals surface area contributed by atoms with Gasteiger partial charge in [0.1, 0.15) is 38.2 Å². The lowest BCUT2D eigenvalue weighted by atomic mass is 9.98. The van der Waals surface area contributed by atoms with Gasteiger partial charge in [0.05, 0.1) is 50.5 Å². The number of hydrogen-bond donors (Lipinski definition) is 5. The highest BCUT2D eigenvalue weighted by Crippen LogP contribution is 2.43. The van der Waals surface area contributed by atoms with E-state index < -0.39 is 65.8 Å². The lowest BCUT2D eigenvalue weighted by Gasteiger charge is -2.27. The van der Waals surface area contributed by atoms with Crippen LogP contribution in [-0.2, 0) is 49.2 Å². The summed E-state index contributed by atoms with van der Waals surface area (Å²) in [5.41, 5.74) is 7.26. The molecule has 7 rings (SSSR count). The molecule has 1 atom stereocenters. The van der Waals surface area contributed by atoms with Crippen molar-refractivity contribution in [3.8, 4) is 39.8 Å². The van der Waals surface area contributed by atoms with Crippen molar-refractivity contribution in [1.82, 2.24) is 49.8 Å². The molecule has 0 saturated carbocycles. The van der Waals surface area contributed by atoms with Crippen LogP contribution in [0.5, 0.6) is 17.2 Å². The number of tetrazole rings is 1. The number of benzene rings is 5. The Morgan fingerprint density at radius 1 is 0.707 bits per heavy atom. The van der Waals surface area contributed by atoms with Crippen LogP contribution in [0, 0.1) is 0 Å². The number of anilines is 1. The second-order valence-electron chi connectivity index (χ2n) is 19.2. The lowest BCUT2D eigenvalue weighted by molar-refractivity contribution is 0.0465. The van der Waals surface area contributed by atoms with Gasteiger partial charge < -0.3 is 45.0 Å². The van der Waals surface area contributed by atoms with Crippen LogP contribution in [0.15, 0.2) is 113 Å². The van der Waals surface area contributed by atoms with Gasteiger partial charge in [-0.25, -0.2) is 36.1 Å². The third-order valence-electron chi connectivity index (χ3n) is 11.2. The number of carbonyl (C=O) groups excluding carboxylic acids is 2. The first-order valence-corrected chi connectivity index (χ1v) is 26.4. The number of sulfonamides is 2. The topological polar surface area (TPSA) is 286 Å². The molecule has 2 heterocycles. The summed E-state index contributed by atoms with van der Waals surface area (Å²) >= 11 is 0. The van der Waals surface area contributed by atoms with E-state index in [9.17, 15) is 9.59 Å². The van der Waals surface area contributed by atoms with Gasteiger partial charge in [0.2, 0.25) is 25.9 Å². The van der Waals surface area contributed by atoms with Crippen LogP contribution in [0.3, 0.4) is 0 Å². The normalized spacial score (nSPS) is 12.6. The molecule has 2 aromatic heterocycles. The summed E-state index contributed by atoms with van der Waals surface area (Å²) in [5, 5.41) is 18.6. The number of carbonyl (C=O) groups is 2. The van der Waals surface area contributed by atoms with Crippen molar-refractivity contribution < 1.29 is 50.1 Å². The van der Waals surface area contributed by atoms with Crippen LogP contribution < -0.4 is 35.3 Å². The predicted octanol–water partition coefficient (Wildman–Crippen LogP) is 6.63. The summed E-state index contributed by atoms with van der Waals surface area (Å²) < 4.78 is 93.8. The van der Waals surface area contributed by atoms with Crippen molar-refractivity contribution in [2.24, 2.45) is 0 Å². The second kappa shape index (κ2) is 22.8. The SMILES string of the molecule is COc1ccc(CN(Cc2ccc(OC)cc2)S(=O)(=O)c2c(S(=O)(=O)NC[C@@H](CNC(=O)OC(C)(C)C)NC(=O)OC(C)(C)C)ccc(-c3cccc4[nH]c(N)nc34)c2-c2nnn(Cc3ccc(OC)cc3)n2)cc1. The third kappa shape index (κ3) is 14.1. The largest absolute Gasteiger partial charge is 0.497 e. The van der Waals surface area contributed by atoms with Crippen LogP contribution >= 0.6 is 0 Å². The maximum absolute atomic E-state index is 16.3. The van der Waals surface area contributed by atoms with Gasteiger partial charge >= 0.3 is 12.2 Å². The van der Waals surface area contributed by atoms with Crippen molar-refractivity contribution in [3.05, 3.63) is 120 Å². The van der Waals surface area contributed by atoms with Gasteiger partial charge in [0.25, 0.3) is 0 Å². The molecule has 0 radical (unpaired) electrons. The van der Waals surface area contributed by atoms with Crippen molar-refractivity contribution >= 4 is 49.2 Å². The van der Waals surface area contributed by atoms with Crippen LogP contribution in [0.4, 0.5) is 15.5 Å². The van der Waals surface area contributed by atoms with E-state index >= 15 is 16.8 Å². The van der Waals surface area contributed by atoms with E-state index in [1.807, 2.05) is 0 Å². The molecule has 0 unspecified atom stereocenters. The quantitative estimate of drug-likeness (QED) is 0.0536. The molecule has 0 fully saturated rings. The zero-order valence-corrected chi connectivity index (χ0v) is 44.6. The first-order valence-electron chi connectivity index (χ1n) is 23.5. The van der Waals surface area contributed by atoms with Gasteiger partial charge in [-0.05, 0) is 118 Å². The Hall–Kier alpha value is -7.80. The summed E-state index contributed by atoms with van der Waals surface area (Å²) in [6.07, 6.45) is -1.76. The molecule has 2 amide bonds. The summed E-state index contributed by atoms with van der Waals surface area (Å²) in [6, 6.07) is 27.2. The van der Waals surface area contributed by atoms with Crippen LogP contribution in [-0.4, -0.2) is 115 Å². The molecule has 0 aliphatic carbocycles. The maximum atomic E-state index is 16.3. The Balaban J connectivity index is 1.45. The van der Waals surface area contributed by atoms with Gasteiger partial charge in [-0.3, -0.25) is 0 Å². The molecule has 6 N–H and O–H groups in total. The van der Waals surface area contributed by atoms with E-state index in [2.05, 4.69) is 35.6 Å². The zero-order valence-electron chi connectivity index (χ0n) is 43.0. The third-order valence-corrected chi connectivity index (χ3v) is 14.6. The number of nitrogen functional groups attached to an aromatic ring is 1. The van der Waals surface area contributed by atoms with Gasteiger partial charge in [-0.1, -0.05) is 54.6 Å². The number of nitrogens with one attached hydrogen (secondary N) is 4. The number of nitrogens with two attached hydrogens (primary N) is 1. The molecule has 398 valence electrons. The van der Waals surface area contributed by atoms with E-state index in [1.54, 1.807) is 140 Å². The number of amides is 2. The smallest absolute Gasteiger partial charge is 0.407 e. The fourth-order valence-corrected chi connectivity index (χ4v) is 11.2. The molecule has 75 heavy (non-hydrogen) atoms. The standard InChI is InChI=1S/C51H61N11O11S2/c1-50(2,3)72-48(63)53-27-35(55-49(64)73-51(4,5)6)28-54-74(65,66)42-26-25-39(40-11-10-12-41-44(40)57-47(52)56-41)43(46-58-60-62(59-46)31-34-17-23-38(71-9)24-18-34)45(42)75(67,68)61(29-32-13-19-36(69-7)20-14-32)30-33-15-21-37(70-8)22-16-33/h10-26,35,54H,27-31H2,1-9H3,(H,53,63)(H,55,64)(H3,52,56,57)/t35-/m1/s1. The molecule has 5 aromatic carbocycles. The van der Waals surface area contributed by atoms with E-state index in [-0.39, 0.29) is 49.1 Å². The molecule has 24 heteroatoms. The minimum atomic E-state index is -5.07. The number of H-pyrrole nitrogens is 1. The fourth-order valence-electron chi connectivity index (χ4n) is 7.73. The molecule has 0 spiro atoms. The number of ether oxygens (including phenoxy) is 5. The van der Waals surface area contributed by atoms with Crippen LogP contribution in [0.25, 0.3) is 33.5 Å². The average Bonchev–Trinajstić information content (AvgIpc) is 3.99. The number of para-hydroxylation sites is 1. The number of hydrogen-bond acceptors (Lipinski definition) is 16. The monoisotopic (exact) mass is 1070 g/mol. The van der Waals surface area contributed by atoms with Crippen LogP contribution in [0.1, 0.15) is 58.2 Å². The Morgan fingerprint density at radius 3 is 1.80 bits per heavy atom. The van der Waals surface area contributed by atoms with Gasteiger partial charge in [0.15, 0.2) is 5.95 Å². The number of aromatic amines is 1. The molecular weight excluding hydrogens is 1010 g/mol. The summed E-state index contributed by atoms with van der Waals surface area (Å²) in [4.78, 5) is 33.4. The minimum Gasteiger partial charge on any atom is -0.497 e. The molecule has 0 saturated heterocycles. The first-order chi connectivity index (χ1) is 35.4. The Morgan fingerprint density at radius 2 is 1.25 bits per heavy atom. The Bertz CT molecular complexity index is 3310. The lowest BCUT2D eigenvalue weighted by Crippen LogP contribution is -2.51.